The van der Waals surface area contributed by atoms with Gasteiger partial charge in [0, 0.05) is 34.8 Å². The molecule has 3 heterocycles. The average molecular weight is 394 g/mol. The monoisotopic (exact) mass is 393 g/mol. The summed E-state index contributed by atoms with van der Waals surface area (Å²) in [5.41, 5.74) is 3.79. The van der Waals surface area contributed by atoms with Crippen LogP contribution in [0, 0.1) is 13.8 Å². The highest BCUT2D eigenvalue weighted by Gasteiger charge is 2.37. The molecule has 2 aromatic heterocycles. The van der Waals surface area contributed by atoms with Crippen LogP contribution in [0.5, 0.6) is 0 Å². The number of nitrogens with zero attached hydrogens (tertiary/aromatic N) is 1. The van der Waals surface area contributed by atoms with Gasteiger partial charge in [0.05, 0.1) is 7.11 Å². The van der Waals surface area contributed by atoms with Crippen LogP contribution in [0.1, 0.15) is 33.7 Å². The number of thiophene rings is 2. The van der Waals surface area contributed by atoms with E-state index in [4.69, 9.17) is 4.74 Å². The van der Waals surface area contributed by atoms with Gasteiger partial charge < -0.3 is 4.74 Å². The highest BCUT2D eigenvalue weighted by Crippen LogP contribution is 2.35. The van der Waals surface area contributed by atoms with E-state index in [2.05, 4.69) is 42.8 Å². The molecule has 0 radical (unpaired) electrons. The van der Waals surface area contributed by atoms with Gasteiger partial charge in [0.1, 0.15) is 12.2 Å². The second-order valence-electron chi connectivity index (χ2n) is 6.64. The zero-order chi connectivity index (χ0) is 18.7. The summed E-state index contributed by atoms with van der Waals surface area (Å²) in [6.45, 7) is 5.21. The standard InChI is InChI=1S/C20H24FNO2S2/c1-13-6-9-25-18(13)16(19-14(2)7-10-26-19)5-4-8-22-12-15(21)11-17(22)20(23)24-3/h5-7,9-10,15,17H,4,8,11-12H2,1-3H3/t15-,17-/m0/s1. The zero-order valence-corrected chi connectivity index (χ0v) is 17.0. The van der Waals surface area contributed by atoms with Gasteiger partial charge in [-0.25, -0.2) is 4.39 Å². The van der Waals surface area contributed by atoms with Crippen molar-refractivity contribution in [1.82, 2.24) is 4.90 Å². The topological polar surface area (TPSA) is 29.5 Å². The molecule has 1 saturated heterocycles. The van der Waals surface area contributed by atoms with Crippen molar-refractivity contribution in [3.63, 3.8) is 0 Å². The minimum atomic E-state index is -0.957. The third-order valence-corrected chi connectivity index (χ3v) is 6.90. The number of esters is 1. The van der Waals surface area contributed by atoms with Gasteiger partial charge in [0.25, 0.3) is 0 Å². The lowest BCUT2D eigenvalue weighted by Gasteiger charge is -2.21. The minimum absolute atomic E-state index is 0.233. The summed E-state index contributed by atoms with van der Waals surface area (Å²) in [5, 5.41) is 4.23. The quantitative estimate of drug-likeness (QED) is 0.658. The molecule has 1 fully saturated rings. The Morgan fingerprint density at radius 3 is 2.38 bits per heavy atom. The van der Waals surface area contributed by atoms with Crippen LogP contribution in [-0.2, 0) is 9.53 Å². The van der Waals surface area contributed by atoms with Crippen LogP contribution in [0.4, 0.5) is 4.39 Å². The number of ether oxygens (including phenoxy) is 1. The van der Waals surface area contributed by atoms with E-state index in [0.29, 0.717) is 13.1 Å². The van der Waals surface area contributed by atoms with E-state index in [1.54, 1.807) is 22.7 Å². The zero-order valence-electron chi connectivity index (χ0n) is 15.3. The molecule has 0 aromatic carbocycles. The Labute approximate surface area is 162 Å². The van der Waals surface area contributed by atoms with Crippen molar-refractivity contribution in [2.24, 2.45) is 0 Å². The van der Waals surface area contributed by atoms with Gasteiger partial charge in [-0.2, -0.15) is 0 Å². The molecule has 6 heteroatoms. The van der Waals surface area contributed by atoms with E-state index in [-0.39, 0.29) is 12.4 Å². The Balaban J connectivity index is 1.78. The fourth-order valence-corrected chi connectivity index (χ4v) is 5.45. The minimum Gasteiger partial charge on any atom is -0.468 e. The second kappa shape index (κ2) is 8.46. The third-order valence-electron chi connectivity index (χ3n) is 4.80. The molecule has 26 heavy (non-hydrogen) atoms. The summed E-state index contributed by atoms with van der Waals surface area (Å²) in [4.78, 5) is 16.4. The summed E-state index contributed by atoms with van der Waals surface area (Å²) < 4.78 is 18.6. The maximum Gasteiger partial charge on any atom is 0.323 e. The number of carbonyl (C=O) groups excluding carboxylic acids is 1. The summed E-state index contributed by atoms with van der Waals surface area (Å²) in [5.74, 6) is -0.336. The maximum absolute atomic E-state index is 13.8. The van der Waals surface area contributed by atoms with Crippen molar-refractivity contribution < 1.29 is 13.9 Å². The van der Waals surface area contributed by atoms with Crippen LogP contribution in [-0.4, -0.2) is 43.3 Å². The normalized spacial score (nSPS) is 20.3. The number of methoxy groups -OCH3 is 1. The fourth-order valence-electron chi connectivity index (χ4n) is 3.44. The number of likely N-dealkylation sites (tertiary alicyclic amines) is 1. The van der Waals surface area contributed by atoms with Crippen molar-refractivity contribution in [1.29, 1.82) is 0 Å². The van der Waals surface area contributed by atoms with Gasteiger partial charge in [0.2, 0.25) is 0 Å². The van der Waals surface area contributed by atoms with Gasteiger partial charge in [0.15, 0.2) is 0 Å². The number of halogens is 1. The molecular weight excluding hydrogens is 369 g/mol. The highest BCUT2D eigenvalue weighted by molar-refractivity contribution is 7.14. The largest absolute Gasteiger partial charge is 0.468 e. The first-order chi connectivity index (χ1) is 12.5. The van der Waals surface area contributed by atoms with Gasteiger partial charge in [-0.3, -0.25) is 9.69 Å². The van der Waals surface area contributed by atoms with Crippen LogP contribution in [0.2, 0.25) is 0 Å². The van der Waals surface area contributed by atoms with Crippen LogP contribution in [0.15, 0.2) is 29.0 Å². The molecule has 0 amide bonds. The second-order valence-corrected chi connectivity index (χ2v) is 8.47. The molecule has 0 spiro atoms. The summed E-state index contributed by atoms with van der Waals surface area (Å²) in [6, 6.07) is 3.81. The lowest BCUT2D eigenvalue weighted by molar-refractivity contribution is -0.145. The number of hydrogen-bond donors (Lipinski definition) is 0. The van der Waals surface area contributed by atoms with Crippen LogP contribution < -0.4 is 0 Å². The van der Waals surface area contributed by atoms with Crippen LogP contribution in [0.3, 0.4) is 0 Å². The van der Waals surface area contributed by atoms with Crippen molar-refractivity contribution in [3.05, 3.63) is 49.9 Å². The molecule has 0 bridgehead atoms. The highest BCUT2D eigenvalue weighted by atomic mass is 32.1. The van der Waals surface area contributed by atoms with Crippen molar-refractivity contribution in [2.75, 3.05) is 20.2 Å². The average Bonchev–Trinajstić information content (AvgIpc) is 3.32. The molecule has 140 valence electrons. The van der Waals surface area contributed by atoms with E-state index < -0.39 is 12.2 Å². The predicted octanol–water partition coefficient (Wildman–Crippen LogP) is 4.83. The lowest BCUT2D eigenvalue weighted by atomic mass is 10.1. The Bertz CT molecular complexity index is 753. The van der Waals surface area contributed by atoms with E-state index in [1.165, 1.54) is 33.6 Å². The van der Waals surface area contributed by atoms with Crippen molar-refractivity contribution >= 4 is 34.2 Å². The van der Waals surface area contributed by atoms with E-state index in [9.17, 15) is 9.18 Å². The number of aryl methyl sites for hydroxylation is 2. The number of alkyl halides is 1. The Kier molecular flexibility index (Phi) is 6.27. The first-order valence-corrected chi connectivity index (χ1v) is 10.5. The lowest BCUT2D eigenvalue weighted by Crippen LogP contribution is -2.37. The number of carbonyl (C=O) groups is 1. The van der Waals surface area contributed by atoms with Gasteiger partial charge in [-0.05, 0) is 54.3 Å². The molecule has 3 rings (SSSR count). The van der Waals surface area contributed by atoms with Gasteiger partial charge >= 0.3 is 5.97 Å². The van der Waals surface area contributed by atoms with Crippen molar-refractivity contribution in [3.8, 4) is 0 Å². The summed E-state index contributed by atoms with van der Waals surface area (Å²) in [7, 11) is 1.36. The number of rotatable bonds is 6. The molecule has 3 nitrogen and oxygen atoms in total. The van der Waals surface area contributed by atoms with Gasteiger partial charge in [-0.1, -0.05) is 6.08 Å². The van der Waals surface area contributed by atoms with E-state index in [0.717, 1.165) is 6.42 Å². The first kappa shape index (κ1) is 19.3. The molecule has 0 N–H and O–H groups in total. The maximum atomic E-state index is 13.8. The Morgan fingerprint density at radius 2 is 1.88 bits per heavy atom. The molecule has 0 aliphatic carbocycles. The Hall–Kier alpha value is -1.50. The number of hydrogen-bond acceptors (Lipinski definition) is 5. The molecular formula is C20H24FNO2S2. The molecule has 1 aliphatic heterocycles. The first-order valence-electron chi connectivity index (χ1n) is 8.76. The summed E-state index contributed by atoms with van der Waals surface area (Å²) >= 11 is 3.49. The molecule has 1 aliphatic rings. The van der Waals surface area contributed by atoms with E-state index in [1.807, 2.05) is 4.90 Å². The molecule has 0 unspecified atom stereocenters. The molecule has 2 aromatic rings. The van der Waals surface area contributed by atoms with Crippen molar-refractivity contribution in [2.45, 2.75) is 38.9 Å². The SMILES string of the molecule is COC(=O)[C@@H]1C[C@H](F)CN1CCC=C(c1sccc1C)c1sccc1C. The molecule has 2 atom stereocenters. The predicted molar refractivity (Wildman–Crippen MR) is 107 cm³/mol. The molecule has 0 saturated carbocycles. The third kappa shape index (κ3) is 4.08. The van der Waals surface area contributed by atoms with E-state index >= 15 is 0 Å². The van der Waals surface area contributed by atoms with Crippen LogP contribution >= 0.6 is 22.7 Å². The summed E-state index contributed by atoms with van der Waals surface area (Å²) in [6.07, 6.45) is 2.28. The van der Waals surface area contributed by atoms with Crippen LogP contribution in [0.25, 0.3) is 5.57 Å². The Morgan fingerprint density at radius 1 is 1.27 bits per heavy atom. The fraction of sp³-hybridized carbons (Fsp3) is 0.450. The van der Waals surface area contributed by atoms with Gasteiger partial charge in [-0.15, -0.1) is 22.7 Å². The smallest absolute Gasteiger partial charge is 0.323 e.